The number of aromatic amines is 1. The van der Waals surface area contributed by atoms with E-state index in [1.165, 1.54) is 11.8 Å². The first-order valence-corrected chi connectivity index (χ1v) is 8.43. The van der Waals surface area contributed by atoms with Crippen molar-refractivity contribution in [2.45, 2.75) is 13.0 Å². The molecule has 0 radical (unpaired) electrons. The van der Waals surface area contributed by atoms with Crippen molar-refractivity contribution in [1.82, 2.24) is 14.9 Å². The summed E-state index contributed by atoms with van der Waals surface area (Å²) in [6.45, 7) is 0.765. The van der Waals surface area contributed by atoms with Crippen LogP contribution in [0.15, 0.2) is 35.1 Å². The third-order valence-corrected chi connectivity index (χ3v) is 4.93. The van der Waals surface area contributed by atoms with Crippen LogP contribution in [-0.4, -0.2) is 27.7 Å². The van der Waals surface area contributed by atoms with Crippen LogP contribution in [0.5, 0.6) is 0 Å². The minimum atomic E-state index is -1.21. The van der Waals surface area contributed by atoms with E-state index in [9.17, 15) is 14.7 Å². The lowest BCUT2D eigenvalue weighted by molar-refractivity contribution is 0.0695. The number of allylic oxidation sites excluding steroid dienone is 1. The van der Waals surface area contributed by atoms with Gasteiger partial charge in [0.2, 0.25) is 0 Å². The zero-order valence-electron chi connectivity index (χ0n) is 14.6. The van der Waals surface area contributed by atoms with Gasteiger partial charge in [0.1, 0.15) is 5.56 Å². The van der Waals surface area contributed by atoms with Gasteiger partial charge >= 0.3 is 5.97 Å². The molecule has 3 N–H and O–H groups in total. The molecule has 0 unspecified atom stereocenters. The molecule has 1 aliphatic rings. The number of benzene rings is 1. The van der Waals surface area contributed by atoms with Gasteiger partial charge in [-0.3, -0.25) is 4.79 Å². The quantitative estimate of drug-likeness (QED) is 0.678. The minimum Gasteiger partial charge on any atom is -0.477 e. The van der Waals surface area contributed by atoms with Gasteiger partial charge in [-0.15, -0.1) is 0 Å². The predicted octanol–water partition coefficient (Wildman–Crippen LogP) is 2.52. The van der Waals surface area contributed by atoms with Crippen LogP contribution in [0, 0.1) is 0 Å². The van der Waals surface area contributed by atoms with E-state index in [2.05, 4.69) is 33.1 Å². The van der Waals surface area contributed by atoms with Crippen LogP contribution in [0.1, 0.15) is 27.2 Å². The molecule has 0 bridgehead atoms. The maximum absolute atomic E-state index is 12.2. The number of H-pyrrole nitrogens is 1. The van der Waals surface area contributed by atoms with Gasteiger partial charge in [-0.2, -0.15) is 0 Å². The third kappa shape index (κ3) is 2.46. The molecule has 1 aromatic carbocycles. The van der Waals surface area contributed by atoms with Gasteiger partial charge in [0.05, 0.1) is 5.69 Å². The lowest BCUT2D eigenvalue weighted by Gasteiger charge is -2.11. The summed E-state index contributed by atoms with van der Waals surface area (Å²) in [4.78, 5) is 26.3. The highest BCUT2D eigenvalue weighted by Crippen LogP contribution is 2.34. The highest BCUT2D eigenvalue weighted by atomic mass is 16.4. The van der Waals surface area contributed by atoms with Crippen LogP contribution in [-0.2, 0) is 20.0 Å². The molecular weight excluding hydrogens is 330 g/mol. The fraction of sp³-hybridized carbons (Fsp3) is 0.200. The molecule has 26 heavy (non-hydrogen) atoms. The average Bonchev–Trinajstić information content (AvgIpc) is 2.80. The first-order chi connectivity index (χ1) is 12.5. The number of nitrogens with zero attached hydrogens (tertiary/aromatic N) is 1. The van der Waals surface area contributed by atoms with Crippen LogP contribution in [0.25, 0.3) is 28.2 Å². The predicted molar refractivity (Wildman–Crippen MR) is 101 cm³/mol. The molecule has 132 valence electrons. The van der Waals surface area contributed by atoms with E-state index in [1.54, 1.807) is 0 Å². The van der Waals surface area contributed by atoms with Gasteiger partial charge < -0.3 is 20.0 Å². The Labute approximate surface area is 149 Å². The Balaban J connectivity index is 1.99. The van der Waals surface area contributed by atoms with E-state index in [0.717, 1.165) is 34.1 Å². The zero-order valence-corrected chi connectivity index (χ0v) is 14.6. The lowest BCUT2D eigenvalue weighted by Crippen LogP contribution is -2.19. The Kier molecular flexibility index (Phi) is 3.77. The van der Waals surface area contributed by atoms with Gasteiger partial charge in [-0.25, -0.2) is 4.79 Å². The normalized spacial score (nSPS) is 12.7. The second-order valence-electron chi connectivity index (χ2n) is 6.55. The second kappa shape index (κ2) is 6.00. The number of pyridine rings is 1. The van der Waals surface area contributed by atoms with Crippen LogP contribution >= 0.6 is 0 Å². The van der Waals surface area contributed by atoms with Gasteiger partial charge in [-0.1, -0.05) is 12.2 Å². The molecule has 1 aliphatic carbocycles. The molecule has 4 rings (SSSR count). The fourth-order valence-electron chi connectivity index (χ4n) is 3.61. The number of hydrogen-bond donors (Lipinski definition) is 3. The molecule has 0 fully saturated rings. The molecule has 6 heteroatoms. The van der Waals surface area contributed by atoms with Crippen molar-refractivity contribution in [2.75, 3.05) is 7.05 Å². The number of carboxylic acid groups (broad SMARTS) is 1. The van der Waals surface area contributed by atoms with Crippen LogP contribution in [0.3, 0.4) is 0 Å². The summed E-state index contributed by atoms with van der Waals surface area (Å²) in [6, 6.07) is 7.79. The highest BCUT2D eigenvalue weighted by Gasteiger charge is 2.19. The minimum absolute atomic E-state index is 0.224. The van der Waals surface area contributed by atoms with Crippen molar-refractivity contribution in [3.8, 4) is 11.3 Å². The number of nitrogens with one attached hydrogen (secondary N) is 2. The number of carbonyl (C=O) groups is 1. The monoisotopic (exact) mass is 349 g/mol. The van der Waals surface area contributed by atoms with Crippen molar-refractivity contribution in [3.05, 3.63) is 63.1 Å². The summed E-state index contributed by atoms with van der Waals surface area (Å²) in [6.07, 6.45) is 4.60. The summed E-state index contributed by atoms with van der Waals surface area (Å²) >= 11 is 0. The largest absolute Gasteiger partial charge is 0.477 e. The summed E-state index contributed by atoms with van der Waals surface area (Å²) in [5.74, 6) is -1.21. The Hall–Kier alpha value is -3.12. The fourth-order valence-corrected chi connectivity index (χ4v) is 3.61. The van der Waals surface area contributed by atoms with Crippen molar-refractivity contribution in [1.29, 1.82) is 0 Å². The maximum Gasteiger partial charge on any atom is 0.341 e. The lowest BCUT2D eigenvalue weighted by atomic mass is 9.99. The highest BCUT2D eigenvalue weighted by molar-refractivity contribution is 5.93. The van der Waals surface area contributed by atoms with E-state index in [-0.39, 0.29) is 5.56 Å². The second-order valence-corrected chi connectivity index (χ2v) is 6.55. The number of aryl methyl sites for hydroxylation is 1. The summed E-state index contributed by atoms with van der Waals surface area (Å²) in [7, 11) is 3.95. The van der Waals surface area contributed by atoms with Crippen LogP contribution in [0.2, 0.25) is 0 Å². The van der Waals surface area contributed by atoms with E-state index < -0.39 is 11.5 Å². The van der Waals surface area contributed by atoms with E-state index in [0.29, 0.717) is 12.1 Å². The van der Waals surface area contributed by atoms with Gasteiger partial charge in [-0.05, 0) is 48.9 Å². The number of fused-ring (bicyclic) bond motifs is 4. The van der Waals surface area contributed by atoms with Gasteiger partial charge in [0, 0.05) is 35.8 Å². The number of carboxylic acids is 1. The van der Waals surface area contributed by atoms with E-state index >= 15 is 0 Å². The molecule has 0 saturated carbocycles. The summed E-state index contributed by atoms with van der Waals surface area (Å²) in [5, 5.41) is 13.5. The zero-order chi connectivity index (χ0) is 18.4. The topological polar surface area (TPSA) is 87.1 Å². The maximum atomic E-state index is 12.2. The van der Waals surface area contributed by atoms with Crippen molar-refractivity contribution < 1.29 is 9.90 Å². The molecule has 0 saturated heterocycles. The number of aromatic nitrogens is 2. The molecule has 2 aromatic heterocycles. The van der Waals surface area contributed by atoms with Crippen molar-refractivity contribution in [3.63, 3.8) is 0 Å². The summed E-state index contributed by atoms with van der Waals surface area (Å²) < 4.78 is 2.15. The van der Waals surface area contributed by atoms with E-state index in [4.69, 9.17) is 0 Å². The van der Waals surface area contributed by atoms with Gasteiger partial charge in [0.15, 0.2) is 0 Å². The van der Waals surface area contributed by atoms with Crippen LogP contribution in [0.4, 0.5) is 0 Å². The number of rotatable bonds is 3. The Morgan fingerprint density at radius 2 is 2.12 bits per heavy atom. The molecular formula is C20H19N3O3. The number of aromatic carboxylic acids is 1. The molecule has 0 aliphatic heterocycles. The van der Waals surface area contributed by atoms with Crippen LogP contribution < -0.4 is 10.9 Å². The molecule has 0 atom stereocenters. The molecule has 0 spiro atoms. The Morgan fingerprint density at radius 1 is 1.31 bits per heavy atom. The molecule has 3 aromatic rings. The SMILES string of the molecule is CNCc1cc2cc3c(cc2n1C)C=CCc1cc(C(=O)O)c(=O)[nH]c1-3. The Bertz CT molecular complexity index is 1140. The average molecular weight is 349 g/mol. The van der Waals surface area contributed by atoms with E-state index in [1.807, 2.05) is 26.2 Å². The third-order valence-electron chi connectivity index (χ3n) is 4.93. The Morgan fingerprint density at radius 3 is 2.85 bits per heavy atom. The van der Waals surface area contributed by atoms with Crippen molar-refractivity contribution in [2.24, 2.45) is 7.05 Å². The first kappa shape index (κ1) is 16.4. The standard InChI is InChI=1S/C20H19N3O3/c1-21-10-14-6-13-8-15-11(9-17(13)23(14)2)4-3-5-12-7-16(20(25)26)19(24)22-18(12)15/h3-4,6-9,21H,5,10H2,1-2H3,(H,22,24)(H,25,26). The smallest absolute Gasteiger partial charge is 0.341 e. The summed E-state index contributed by atoms with van der Waals surface area (Å²) in [5.41, 5.74) is 4.91. The number of hydrogen-bond acceptors (Lipinski definition) is 3. The van der Waals surface area contributed by atoms with Crippen molar-refractivity contribution >= 4 is 22.9 Å². The molecule has 0 amide bonds. The first-order valence-electron chi connectivity index (χ1n) is 8.43. The molecule has 6 nitrogen and oxygen atoms in total. The molecule has 2 heterocycles. The van der Waals surface area contributed by atoms with Gasteiger partial charge in [0.25, 0.3) is 5.56 Å².